The molecule has 0 radical (unpaired) electrons. The molecule has 0 spiro atoms. The van der Waals surface area contributed by atoms with Crippen molar-refractivity contribution in [2.24, 2.45) is 5.92 Å². The smallest absolute Gasteiger partial charge is 0.226 e. The molecule has 29 heavy (non-hydrogen) atoms. The molecule has 154 valence electrons. The Morgan fingerprint density at radius 2 is 1.59 bits per heavy atom. The van der Waals surface area contributed by atoms with E-state index >= 15 is 0 Å². The molecule has 0 aliphatic heterocycles. The molecule has 0 bridgehead atoms. The molecule has 1 saturated carbocycles. The molecular formula is C24H31N3O2. The summed E-state index contributed by atoms with van der Waals surface area (Å²) in [5, 5.41) is 9.30. The van der Waals surface area contributed by atoms with Crippen molar-refractivity contribution in [3.63, 3.8) is 0 Å². The molecule has 0 saturated heterocycles. The van der Waals surface area contributed by atoms with Gasteiger partial charge in [-0.05, 0) is 55.5 Å². The Bertz CT molecular complexity index is 809. The highest BCUT2D eigenvalue weighted by molar-refractivity contribution is 5.91. The second-order valence-corrected chi connectivity index (χ2v) is 8.02. The van der Waals surface area contributed by atoms with E-state index in [1.165, 1.54) is 32.6 Å². The van der Waals surface area contributed by atoms with Crippen molar-refractivity contribution in [1.29, 1.82) is 0 Å². The minimum absolute atomic E-state index is 0.129. The lowest BCUT2D eigenvalue weighted by Gasteiger charge is -2.18. The first-order chi connectivity index (χ1) is 14.0. The molecule has 1 unspecified atom stereocenters. The molecule has 2 aromatic rings. The van der Waals surface area contributed by atoms with Crippen LogP contribution < -0.4 is 16.0 Å². The van der Waals surface area contributed by atoms with Crippen LogP contribution in [0.5, 0.6) is 0 Å². The number of hydrogen-bond acceptors (Lipinski definition) is 3. The van der Waals surface area contributed by atoms with Gasteiger partial charge in [0, 0.05) is 24.8 Å². The maximum atomic E-state index is 12.6. The standard InChI is InChI=1S/C24H31N3O2/c1-17-7-9-20(10-8-17)23(26-18(2)28)15-24(29)27-22-13-11-21(12-14-22)25-16-19-5-3-4-6-19/h7-14,19,23,25H,3-6,15-16H2,1-2H3,(H,26,28)(H,27,29). The molecule has 1 fully saturated rings. The largest absolute Gasteiger partial charge is 0.385 e. The predicted octanol–water partition coefficient (Wildman–Crippen LogP) is 4.80. The van der Waals surface area contributed by atoms with E-state index in [2.05, 4.69) is 16.0 Å². The van der Waals surface area contributed by atoms with Crippen LogP contribution in [0.3, 0.4) is 0 Å². The van der Waals surface area contributed by atoms with Crippen LogP contribution in [0.15, 0.2) is 48.5 Å². The lowest BCUT2D eigenvalue weighted by molar-refractivity contribution is -0.120. The average molecular weight is 394 g/mol. The van der Waals surface area contributed by atoms with Crippen molar-refractivity contribution in [3.05, 3.63) is 59.7 Å². The summed E-state index contributed by atoms with van der Waals surface area (Å²) in [6.07, 6.45) is 5.51. The van der Waals surface area contributed by atoms with Crippen molar-refractivity contribution in [1.82, 2.24) is 5.32 Å². The lowest BCUT2D eigenvalue weighted by atomic mass is 10.0. The van der Waals surface area contributed by atoms with Gasteiger partial charge in [-0.2, -0.15) is 0 Å². The van der Waals surface area contributed by atoms with Gasteiger partial charge in [-0.15, -0.1) is 0 Å². The summed E-state index contributed by atoms with van der Waals surface area (Å²) >= 11 is 0. The minimum Gasteiger partial charge on any atom is -0.385 e. The first-order valence-electron chi connectivity index (χ1n) is 10.5. The molecule has 2 amide bonds. The van der Waals surface area contributed by atoms with E-state index in [9.17, 15) is 9.59 Å². The number of amides is 2. The van der Waals surface area contributed by atoms with E-state index in [-0.39, 0.29) is 24.3 Å². The zero-order valence-corrected chi connectivity index (χ0v) is 17.3. The van der Waals surface area contributed by atoms with E-state index in [1.54, 1.807) is 0 Å². The van der Waals surface area contributed by atoms with Crippen molar-refractivity contribution in [2.45, 2.75) is 52.0 Å². The summed E-state index contributed by atoms with van der Waals surface area (Å²) in [4.78, 5) is 24.1. The highest BCUT2D eigenvalue weighted by atomic mass is 16.2. The highest BCUT2D eigenvalue weighted by Gasteiger charge is 2.17. The number of aryl methyl sites for hydroxylation is 1. The Balaban J connectivity index is 1.54. The minimum atomic E-state index is -0.347. The molecule has 0 aromatic heterocycles. The number of anilines is 2. The Morgan fingerprint density at radius 3 is 2.21 bits per heavy atom. The summed E-state index contributed by atoms with van der Waals surface area (Å²) in [7, 11) is 0. The Kier molecular flexibility index (Phi) is 7.28. The van der Waals surface area contributed by atoms with Crippen molar-refractivity contribution in [2.75, 3.05) is 17.2 Å². The summed E-state index contributed by atoms with van der Waals surface area (Å²) in [5.74, 6) is 0.499. The second kappa shape index (κ2) is 10.1. The van der Waals surface area contributed by atoms with Crippen molar-refractivity contribution in [3.8, 4) is 0 Å². The fraction of sp³-hybridized carbons (Fsp3) is 0.417. The summed E-state index contributed by atoms with van der Waals surface area (Å²) in [6.45, 7) is 4.49. The van der Waals surface area contributed by atoms with Crippen LogP contribution >= 0.6 is 0 Å². The quantitative estimate of drug-likeness (QED) is 0.603. The summed E-state index contributed by atoms with van der Waals surface area (Å²) in [5.41, 5.74) is 3.89. The fourth-order valence-electron chi connectivity index (χ4n) is 3.84. The van der Waals surface area contributed by atoms with Gasteiger partial charge in [-0.25, -0.2) is 0 Å². The number of benzene rings is 2. The van der Waals surface area contributed by atoms with Crippen molar-refractivity contribution >= 4 is 23.2 Å². The van der Waals surface area contributed by atoms with Gasteiger partial charge in [0.15, 0.2) is 0 Å². The number of carbonyl (C=O) groups is 2. The molecule has 2 aromatic carbocycles. The fourth-order valence-corrected chi connectivity index (χ4v) is 3.84. The van der Waals surface area contributed by atoms with Gasteiger partial charge in [0.1, 0.15) is 0 Å². The molecule has 3 N–H and O–H groups in total. The Hall–Kier alpha value is -2.82. The van der Waals surface area contributed by atoms with Crippen LogP contribution in [-0.4, -0.2) is 18.4 Å². The van der Waals surface area contributed by atoms with Crippen LogP contribution in [0.4, 0.5) is 11.4 Å². The number of nitrogens with one attached hydrogen (secondary N) is 3. The van der Waals surface area contributed by atoms with Crippen LogP contribution in [-0.2, 0) is 9.59 Å². The van der Waals surface area contributed by atoms with E-state index in [0.717, 1.165) is 35.0 Å². The zero-order valence-electron chi connectivity index (χ0n) is 17.3. The molecule has 1 atom stereocenters. The molecule has 1 aliphatic carbocycles. The average Bonchev–Trinajstić information content (AvgIpc) is 3.21. The molecule has 0 heterocycles. The highest BCUT2D eigenvalue weighted by Crippen LogP contribution is 2.25. The van der Waals surface area contributed by atoms with Crippen LogP contribution in [0, 0.1) is 12.8 Å². The topological polar surface area (TPSA) is 70.2 Å². The van der Waals surface area contributed by atoms with Crippen LogP contribution in [0.2, 0.25) is 0 Å². The Labute approximate surface area is 173 Å². The Morgan fingerprint density at radius 1 is 0.966 bits per heavy atom. The molecule has 5 heteroatoms. The normalized spacial score (nSPS) is 15.0. The first-order valence-corrected chi connectivity index (χ1v) is 10.5. The van der Waals surface area contributed by atoms with E-state index in [0.29, 0.717) is 0 Å². The van der Waals surface area contributed by atoms with Gasteiger partial charge in [-0.3, -0.25) is 9.59 Å². The number of hydrogen-bond donors (Lipinski definition) is 3. The van der Waals surface area contributed by atoms with Gasteiger partial charge < -0.3 is 16.0 Å². The van der Waals surface area contributed by atoms with Crippen molar-refractivity contribution < 1.29 is 9.59 Å². The van der Waals surface area contributed by atoms with Crippen LogP contribution in [0.25, 0.3) is 0 Å². The van der Waals surface area contributed by atoms with Gasteiger partial charge in [0.25, 0.3) is 0 Å². The first kappa shape index (κ1) is 20.9. The second-order valence-electron chi connectivity index (χ2n) is 8.02. The maximum absolute atomic E-state index is 12.6. The maximum Gasteiger partial charge on any atom is 0.226 e. The van der Waals surface area contributed by atoms with Gasteiger partial charge >= 0.3 is 0 Å². The predicted molar refractivity (Wildman–Crippen MR) is 118 cm³/mol. The molecule has 1 aliphatic rings. The van der Waals surface area contributed by atoms with Gasteiger partial charge in [-0.1, -0.05) is 42.7 Å². The number of rotatable bonds is 8. The van der Waals surface area contributed by atoms with Crippen LogP contribution in [0.1, 0.15) is 56.2 Å². The summed E-state index contributed by atoms with van der Waals surface area (Å²) in [6, 6.07) is 15.3. The van der Waals surface area contributed by atoms with Gasteiger partial charge in [0.2, 0.25) is 11.8 Å². The van der Waals surface area contributed by atoms with Gasteiger partial charge in [0.05, 0.1) is 12.5 Å². The molecular weight excluding hydrogens is 362 g/mol. The van der Waals surface area contributed by atoms with E-state index < -0.39 is 0 Å². The number of carbonyl (C=O) groups excluding carboxylic acids is 2. The third kappa shape index (κ3) is 6.63. The lowest BCUT2D eigenvalue weighted by Crippen LogP contribution is -2.29. The monoisotopic (exact) mass is 393 g/mol. The zero-order chi connectivity index (χ0) is 20.6. The van der Waals surface area contributed by atoms with E-state index in [4.69, 9.17) is 0 Å². The third-order valence-corrected chi connectivity index (χ3v) is 5.48. The SMILES string of the molecule is CC(=O)NC(CC(=O)Nc1ccc(NCC2CCCC2)cc1)c1ccc(C)cc1. The van der Waals surface area contributed by atoms with E-state index in [1.807, 2.05) is 55.5 Å². The molecule has 5 nitrogen and oxygen atoms in total. The molecule has 3 rings (SSSR count). The third-order valence-electron chi connectivity index (χ3n) is 5.48. The summed E-state index contributed by atoms with van der Waals surface area (Å²) < 4.78 is 0.